The molecule has 3 rings (SSSR count). The van der Waals surface area contributed by atoms with Crippen molar-refractivity contribution < 1.29 is 4.74 Å². The van der Waals surface area contributed by atoms with Crippen LogP contribution in [0.15, 0.2) is 42.6 Å². The second kappa shape index (κ2) is 10.5. The zero-order chi connectivity index (χ0) is 18.9. The summed E-state index contributed by atoms with van der Waals surface area (Å²) in [6.07, 6.45) is 14.0. The smallest absolute Gasteiger partial charge is 0.137 e. The van der Waals surface area contributed by atoms with Crippen LogP contribution in [0.5, 0.6) is 5.75 Å². The Kier molecular flexibility index (Phi) is 7.74. The van der Waals surface area contributed by atoms with E-state index in [4.69, 9.17) is 4.74 Å². The molecule has 0 saturated heterocycles. The van der Waals surface area contributed by atoms with Crippen LogP contribution < -0.4 is 4.74 Å². The number of pyridine rings is 1. The Balaban J connectivity index is 1.47. The first-order chi connectivity index (χ1) is 13.3. The average molecular weight is 366 g/mol. The number of aryl methyl sites for hydroxylation is 1. The maximum absolute atomic E-state index is 5.61. The minimum Gasteiger partial charge on any atom is -0.492 e. The zero-order valence-corrected chi connectivity index (χ0v) is 17.1. The molecule has 1 aliphatic carbocycles. The second-order valence-electron chi connectivity index (χ2n) is 8.14. The SMILES string of the molecule is CCCOc1ccc(-c2ccc(CCC3CCC(CCC)CC3)cc2)nc1. The quantitative estimate of drug-likeness (QED) is 0.474. The molecule has 1 aliphatic rings. The molecule has 0 bridgehead atoms. The number of nitrogens with zero attached hydrogens (tertiary/aromatic N) is 1. The van der Waals surface area contributed by atoms with Gasteiger partial charge in [0.2, 0.25) is 0 Å². The number of benzene rings is 1. The first kappa shape index (κ1) is 19.9. The van der Waals surface area contributed by atoms with Gasteiger partial charge in [0.05, 0.1) is 18.5 Å². The highest BCUT2D eigenvalue weighted by molar-refractivity contribution is 5.59. The van der Waals surface area contributed by atoms with Crippen molar-refractivity contribution in [3.05, 3.63) is 48.2 Å². The molecule has 1 aromatic carbocycles. The molecule has 0 radical (unpaired) electrons. The minimum atomic E-state index is 0.746. The van der Waals surface area contributed by atoms with Gasteiger partial charge in [-0.05, 0) is 48.8 Å². The van der Waals surface area contributed by atoms with Crippen molar-refractivity contribution in [3.63, 3.8) is 0 Å². The van der Waals surface area contributed by atoms with Gasteiger partial charge in [0.25, 0.3) is 0 Å². The van der Waals surface area contributed by atoms with Crippen molar-refractivity contribution in [2.45, 2.75) is 71.6 Å². The molecule has 0 aliphatic heterocycles. The predicted molar refractivity (Wildman–Crippen MR) is 114 cm³/mol. The lowest BCUT2D eigenvalue weighted by atomic mass is 9.78. The van der Waals surface area contributed by atoms with Crippen LogP contribution in [0.3, 0.4) is 0 Å². The summed E-state index contributed by atoms with van der Waals surface area (Å²) in [5, 5.41) is 0. The lowest BCUT2D eigenvalue weighted by molar-refractivity contribution is 0.252. The van der Waals surface area contributed by atoms with E-state index in [-0.39, 0.29) is 0 Å². The first-order valence-corrected chi connectivity index (χ1v) is 11.0. The van der Waals surface area contributed by atoms with E-state index in [9.17, 15) is 0 Å². The summed E-state index contributed by atoms with van der Waals surface area (Å²) in [4.78, 5) is 4.55. The van der Waals surface area contributed by atoms with Gasteiger partial charge in [-0.15, -0.1) is 0 Å². The summed E-state index contributed by atoms with van der Waals surface area (Å²) in [5.74, 6) is 2.80. The highest BCUT2D eigenvalue weighted by Crippen LogP contribution is 2.34. The molecule has 1 heterocycles. The molecule has 27 heavy (non-hydrogen) atoms. The third-order valence-electron chi connectivity index (χ3n) is 5.96. The maximum Gasteiger partial charge on any atom is 0.137 e. The highest BCUT2D eigenvalue weighted by Gasteiger charge is 2.20. The molecule has 2 heteroatoms. The maximum atomic E-state index is 5.61. The van der Waals surface area contributed by atoms with E-state index in [2.05, 4.69) is 49.2 Å². The van der Waals surface area contributed by atoms with E-state index in [1.165, 1.54) is 62.5 Å². The van der Waals surface area contributed by atoms with Crippen LogP contribution >= 0.6 is 0 Å². The van der Waals surface area contributed by atoms with E-state index in [1.807, 2.05) is 12.3 Å². The molecular weight excluding hydrogens is 330 g/mol. The van der Waals surface area contributed by atoms with Crippen molar-refractivity contribution in [1.82, 2.24) is 4.98 Å². The van der Waals surface area contributed by atoms with Crippen molar-refractivity contribution >= 4 is 0 Å². The highest BCUT2D eigenvalue weighted by atomic mass is 16.5. The summed E-state index contributed by atoms with van der Waals surface area (Å²) >= 11 is 0. The fourth-order valence-electron chi connectivity index (χ4n) is 4.29. The van der Waals surface area contributed by atoms with Crippen molar-refractivity contribution in [3.8, 4) is 17.0 Å². The van der Waals surface area contributed by atoms with E-state index in [1.54, 1.807) is 0 Å². The normalized spacial score (nSPS) is 19.8. The van der Waals surface area contributed by atoms with Gasteiger partial charge in [0.15, 0.2) is 0 Å². The number of ether oxygens (including phenoxy) is 1. The Morgan fingerprint density at radius 2 is 1.56 bits per heavy atom. The van der Waals surface area contributed by atoms with Crippen molar-refractivity contribution in [1.29, 1.82) is 0 Å². The van der Waals surface area contributed by atoms with Crippen LogP contribution in [0.4, 0.5) is 0 Å². The van der Waals surface area contributed by atoms with E-state index in [0.29, 0.717) is 0 Å². The van der Waals surface area contributed by atoms with Crippen LogP contribution in [0.25, 0.3) is 11.3 Å². The number of hydrogen-bond donors (Lipinski definition) is 0. The molecular formula is C25H35NO. The zero-order valence-electron chi connectivity index (χ0n) is 17.1. The molecule has 0 N–H and O–H groups in total. The number of aromatic nitrogens is 1. The Morgan fingerprint density at radius 1 is 0.852 bits per heavy atom. The van der Waals surface area contributed by atoms with Gasteiger partial charge >= 0.3 is 0 Å². The number of hydrogen-bond acceptors (Lipinski definition) is 2. The Hall–Kier alpha value is -1.83. The summed E-state index contributed by atoms with van der Waals surface area (Å²) in [7, 11) is 0. The molecule has 1 aromatic heterocycles. The molecule has 1 saturated carbocycles. The molecule has 0 atom stereocenters. The Labute approximate surface area is 165 Å². The van der Waals surface area contributed by atoms with E-state index >= 15 is 0 Å². The van der Waals surface area contributed by atoms with Gasteiger partial charge in [0, 0.05) is 5.56 Å². The molecule has 0 spiro atoms. The second-order valence-corrected chi connectivity index (χ2v) is 8.14. The molecule has 2 aromatic rings. The van der Waals surface area contributed by atoms with Gasteiger partial charge in [-0.2, -0.15) is 0 Å². The Morgan fingerprint density at radius 3 is 2.15 bits per heavy atom. The minimum absolute atomic E-state index is 0.746. The van der Waals surface area contributed by atoms with Gasteiger partial charge in [0.1, 0.15) is 5.75 Å². The topological polar surface area (TPSA) is 22.1 Å². The van der Waals surface area contributed by atoms with Crippen LogP contribution in [0, 0.1) is 11.8 Å². The standard InChI is InChI=1S/C25H35NO/c1-3-5-20-6-8-21(9-7-20)10-11-22-12-14-23(15-13-22)25-17-16-24(19-26-25)27-18-4-2/h12-17,19-21H,3-11,18H2,1-2H3. The molecule has 1 fully saturated rings. The summed E-state index contributed by atoms with van der Waals surface area (Å²) in [5.41, 5.74) is 3.65. The van der Waals surface area contributed by atoms with Gasteiger partial charge in [-0.1, -0.05) is 76.6 Å². The molecule has 0 amide bonds. The van der Waals surface area contributed by atoms with Crippen molar-refractivity contribution in [2.75, 3.05) is 6.61 Å². The number of rotatable bonds is 9. The third kappa shape index (κ3) is 6.09. The van der Waals surface area contributed by atoms with E-state index < -0.39 is 0 Å². The lowest BCUT2D eigenvalue weighted by Crippen LogP contribution is -2.15. The van der Waals surface area contributed by atoms with Crippen molar-refractivity contribution in [2.24, 2.45) is 11.8 Å². The molecule has 146 valence electrons. The van der Waals surface area contributed by atoms with Crippen LogP contribution in [0.2, 0.25) is 0 Å². The Bertz CT molecular complexity index is 654. The van der Waals surface area contributed by atoms with Crippen LogP contribution in [-0.2, 0) is 6.42 Å². The lowest BCUT2D eigenvalue weighted by Gasteiger charge is -2.28. The largest absolute Gasteiger partial charge is 0.492 e. The summed E-state index contributed by atoms with van der Waals surface area (Å²) in [6.45, 7) is 5.18. The van der Waals surface area contributed by atoms with Gasteiger partial charge < -0.3 is 4.74 Å². The summed E-state index contributed by atoms with van der Waals surface area (Å²) < 4.78 is 5.61. The van der Waals surface area contributed by atoms with Gasteiger partial charge in [-0.25, -0.2) is 0 Å². The van der Waals surface area contributed by atoms with Crippen LogP contribution in [-0.4, -0.2) is 11.6 Å². The van der Waals surface area contributed by atoms with Crippen LogP contribution in [0.1, 0.15) is 70.8 Å². The van der Waals surface area contributed by atoms with Gasteiger partial charge in [-0.3, -0.25) is 4.98 Å². The monoisotopic (exact) mass is 365 g/mol. The fourth-order valence-corrected chi connectivity index (χ4v) is 4.29. The average Bonchev–Trinajstić information content (AvgIpc) is 2.73. The fraction of sp³-hybridized carbons (Fsp3) is 0.560. The molecule has 2 nitrogen and oxygen atoms in total. The predicted octanol–water partition coefficient (Wildman–Crippen LogP) is 7.08. The summed E-state index contributed by atoms with van der Waals surface area (Å²) in [6, 6.07) is 13.0. The molecule has 0 unspecified atom stereocenters. The first-order valence-electron chi connectivity index (χ1n) is 11.0. The van der Waals surface area contributed by atoms with E-state index in [0.717, 1.165) is 36.3 Å². The third-order valence-corrected chi connectivity index (χ3v) is 5.96.